The Labute approximate surface area is 156 Å². The van der Waals surface area contributed by atoms with Gasteiger partial charge in [-0.3, -0.25) is 9.11 Å². The molecular weight excluding hydrogens is 362 g/mol. The largest absolute Gasteiger partial charge is 0.394 e. The Bertz CT molecular complexity index is 539. The van der Waals surface area contributed by atoms with Crippen molar-refractivity contribution in [3.8, 4) is 0 Å². The molecule has 8 nitrogen and oxygen atoms in total. The summed E-state index contributed by atoms with van der Waals surface area (Å²) in [6.45, 7) is 2.23. The van der Waals surface area contributed by atoms with Gasteiger partial charge in [0.05, 0.1) is 0 Å². The van der Waals surface area contributed by atoms with Crippen LogP contribution in [-0.4, -0.2) is 39.1 Å². The van der Waals surface area contributed by atoms with E-state index in [1.54, 1.807) is 12.1 Å². The van der Waals surface area contributed by atoms with Crippen molar-refractivity contribution >= 4 is 10.4 Å². The fourth-order valence-electron chi connectivity index (χ4n) is 2.34. The molecule has 0 aliphatic carbocycles. The molecule has 9 heteroatoms. The molecule has 0 aromatic heterocycles. The molecule has 0 saturated carbocycles. The van der Waals surface area contributed by atoms with Crippen molar-refractivity contribution in [2.45, 2.75) is 70.7 Å². The molecule has 1 aromatic carbocycles. The minimum Gasteiger partial charge on any atom is -0.383 e. The van der Waals surface area contributed by atoms with E-state index in [0.717, 1.165) is 6.42 Å². The number of aryl methyl sites for hydroxylation is 1. The average molecular weight is 396 g/mol. The molecule has 0 heterocycles. The summed E-state index contributed by atoms with van der Waals surface area (Å²) in [5.74, 6) is 0. The molecule has 0 radical (unpaired) electrons. The predicted molar refractivity (Wildman–Crippen MR) is 101 cm³/mol. The van der Waals surface area contributed by atoms with Crippen LogP contribution in [0, 0.1) is 0 Å². The van der Waals surface area contributed by atoms with E-state index in [9.17, 15) is 5.11 Å². The van der Waals surface area contributed by atoms with Gasteiger partial charge in [0.2, 0.25) is 0 Å². The number of unbranched alkanes of at least 4 members (excludes halogenated alkanes) is 6. The molecule has 0 aliphatic heterocycles. The minimum absolute atomic E-state index is 0. The van der Waals surface area contributed by atoms with Gasteiger partial charge in [0.1, 0.15) is 6.10 Å². The van der Waals surface area contributed by atoms with E-state index in [2.05, 4.69) is 6.92 Å². The van der Waals surface area contributed by atoms with E-state index < -0.39 is 22.8 Å². The topological polar surface area (TPSA) is 170 Å². The molecule has 1 rings (SSSR count). The van der Waals surface area contributed by atoms with Crippen LogP contribution in [0.2, 0.25) is 0 Å². The summed E-state index contributed by atoms with van der Waals surface area (Å²) >= 11 is 0. The maximum Gasteiger partial charge on any atom is 0.394 e. The van der Waals surface area contributed by atoms with Crippen LogP contribution in [0.3, 0.4) is 0 Å². The van der Waals surface area contributed by atoms with Gasteiger partial charge in [0.15, 0.2) is 6.29 Å². The number of hydrogen-bond acceptors (Lipinski definition) is 6. The van der Waals surface area contributed by atoms with Gasteiger partial charge in [-0.2, -0.15) is 8.42 Å². The van der Waals surface area contributed by atoms with Gasteiger partial charge in [0.25, 0.3) is 0 Å². The highest BCUT2D eigenvalue weighted by molar-refractivity contribution is 7.79. The van der Waals surface area contributed by atoms with Crippen LogP contribution in [0.15, 0.2) is 24.3 Å². The molecule has 1 unspecified atom stereocenters. The summed E-state index contributed by atoms with van der Waals surface area (Å²) < 4.78 is 31.6. The van der Waals surface area contributed by atoms with Crippen LogP contribution in [0.4, 0.5) is 0 Å². The summed E-state index contributed by atoms with van der Waals surface area (Å²) in [4.78, 5) is 0. The number of aliphatic hydroxyl groups is 3. The molecule has 0 bridgehead atoms. The van der Waals surface area contributed by atoms with Gasteiger partial charge in [-0.1, -0.05) is 69.7 Å². The van der Waals surface area contributed by atoms with Crippen LogP contribution in [0.5, 0.6) is 0 Å². The maximum absolute atomic E-state index is 9.51. The molecule has 0 amide bonds. The number of hydrogen-bond donors (Lipinski definition) is 6. The Balaban J connectivity index is 0. The highest BCUT2D eigenvalue weighted by Crippen LogP contribution is 2.17. The first-order valence-electron chi connectivity index (χ1n) is 8.48. The van der Waals surface area contributed by atoms with Gasteiger partial charge in [-0.15, -0.1) is 0 Å². The quantitative estimate of drug-likeness (QED) is 0.199. The number of rotatable bonds is 10. The third kappa shape index (κ3) is 16.4. The Morgan fingerprint density at radius 2 is 1.27 bits per heavy atom. The van der Waals surface area contributed by atoms with Gasteiger partial charge in [-0.25, -0.2) is 0 Å². The summed E-state index contributed by atoms with van der Waals surface area (Å²) in [7, 11) is -4.67. The normalized spacial score (nSPS) is 12.1. The van der Waals surface area contributed by atoms with Crippen molar-refractivity contribution in [3.05, 3.63) is 35.4 Å². The predicted octanol–water partition coefficient (Wildman–Crippen LogP) is 2.83. The molecule has 0 spiro atoms. The molecule has 0 fully saturated rings. The van der Waals surface area contributed by atoms with Crippen LogP contribution in [-0.2, 0) is 16.8 Å². The first-order chi connectivity index (χ1) is 11.6. The first kappa shape index (κ1) is 27.2. The molecule has 8 N–H and O–H groups in total. The highest BCUT2D eigenvalue weighted by Gasteiger charge is 2.14. The Morgan fingerprint density at radius 1 is 0.846 bits per heavy atom. The van der Waals surface area contributed by atoms with Gasteiger partial charge < -0.3 is 21.5 Å². The van der Waals surface area contributed by atoms with E-state index in [0.29, 0.717) is 5.56 Å². The third-order valence-electron chi connectivity index (χ3n) is 3.67. The van der Waals surface area contributed by atoms with Gasteiger partial charge in [0, 0.05) is 0 Å². The average Bonchev–Trinajstić information content (AvgIpc) is 2.52. The zero-order valence-electron chi connectivity index (χ0n) is 15.3. The second-order valence-corrected chi connectivity index (χ2v) is 6.81. The van der Waals surface area contributed by atoms with E-state index >= 15 is 0 Å². The van der Waals surface area contributed by atoms with E-state index in [-0.39, 0.29) is 6.15 Å². The standard InChI is InChI=1S/C17H28O3.H3N.H2O4S/c1-2-3-4-5-6-7-8-9-14-10-12-15(13-11-14)16(18)17(19)20;;1-5(2,3)4/h10-13,16-20H,2-9H2,1H3;1H3;(H2,1,2,3,4). The summed E-state index contributed by atoms with van der Waals surface area (Å²) in [6, 6.07) is 7.44. The molecule has 1 aromatic rings. The lowest BCUT2D eigenvalue weighted by molar-refractivity contribution is -0.123. The number of benzene rings is 1. The fourth-order valence-corrected chi connectivity index (χ4v) is 2.34. The van der Waals surface area contributed by atoms with Crippen LogP contribution >= 0.6 is 0 Å². The summed E-state index contributed by atoms with van der Waals surface area (Å²) in [6.07, 6.45) is 7.22. The molecule has 0 aliphatic rings. The van der Waals surface area contributed by atoms with Crippen molar-refractivity contribution < 1.29 is 32.8 Å². The van der Waals surface area contributed by atoms with Crippen molar-refractivity contribution in [3.63, 3.8) is 0 Å². The zero-order chi connectivity index (χ0) is 19.3. The second-order valence-electron chi connectivity index (χ2n) is 5.92. The lowest BCUT2D eigenvalue weighted by Crippen LogP contribution is -2.16. The van der Waals surface area contributed by atoms with E-state index in [4.69, 9.17) is 27.7 Å². The molecule has 1 atom stereocenters. The highest BCUT2D eigenvalue weighted by atomic mass is 32.3. The third-order valence-corrected chi connectivity index (χ3v) is 3.67. The Hall–Kier alpha value is -1.07. The monoisotopic (exact) mass is 395 g/mol. The summed E-state index contributed by atoms with van der Waals surface area (Å²) in [5, 5.41) is 27.3. The molecule has 154 valence electrons. The van der Waals surface area contributed by atoms with Crippen molar-refractivity contribution in [1.29, 1.82) is 0 Å². The van der Waals surface area contributed by atoms with Gasteiger partial charge in [-0.05, 0) is 24.0 Å². The lowest BCUT2D eigenvalue weighted by atomic mass is 10.0. The first-order valence-corrected chi connectivity index (χ1v) is 9.87. The van der Waals surface area contributed by atoms with Gasteiger partial charge >= 0.3 is 10.4 Å². The summed E-state index contributed by atoms with van der Waals surface area (Å²) in [5.41, 5.74) is 1.78. The molecule has 26 heavy (non-hydrogen) atoms. The van der Waals surface area contributed by atoms with Crippen LogP contribution < -0.4 is 6.15 Å². The lowest BCUT2D eigenvalue weighted by Gasteiger charge is -2.13. The SMILES string of the molecule is CCCCCCCCCc1ccc(C(O)C(O)O)cc1.N.O=S(=O)(O)O. The van der Waals surface area contributed by atoms with Crippen LogP contribution in [0.1, 0.15) is 69.1 Å². The second kappa shape index (κ2) is 15.0. The van der Waals surface area contributed by atoms with Crippen molar-refractivity contribution in [1.82, 2.24) is 6.15 Å². The van der Waals surface area contributed by atoms with E-state index in [1.807, 2.05) is 12.1 Å². The van der Waals surface area contributed by atoms with Crippen molar-refractivity contribution in [2.75, 3.05) is 0 Å². The Kier molecular flexibility index (Phi) is 15.7. The maximum atomic E-state index is 9.51. The Morgan fingerprint density at radius 3 is 1.69 bits per heavy atom. The smallest absolute Gasteiger partial charge is 0.383 e. The zero-order valence-corrected chi connectivity index (χ0v) is 16.1. The number of aliphatic hydroxyl groups excluding tert-OH is 2. The molecular formula is C17H33NO7S. The van der Waals surface area contributed by atoms with Crippen LogP contribution in [0.25, 0.3) is 0 Å². The fraction of sp³-hybridized carbons (Fsp3) is 0.647. The van der Waals surface area contributed by atoms with Crippen molar-refractivity contribution in [2.24, 2.45) is 0 Å². The molecule has 0 saturated heterocycles. The van der Waals surface area contributed by atoms with E-state index in [1.165, 1.54) is 50.5 Å². The minimum atomic E-state index is -4.67.